The first-order chi connectivity index (χ1) is 8.83. The minimum Gasteiger partial charge on any atom is -0.339 e. The van der Waals surface area contributed by atoms with Crippen LogP contribution in [0.3, 0.4) is 0 Å². The molecule has 0 saturated carbocycles. The van der Waals surface area contributed by atoms with Crippen LogP contribution in [-0.2, 0) is 0 Å². The average Bonchev–Trinajstić information content (AvgIpc) is 2.90. The summed E-state index contributed by atoms with van der Waals surface area (Å²) in [5.41, 5.74) is 0. The Balaban J connectivity index is 1.65. The topological polar surface area (TPSA) is 54.2 Å². The van der Waals surface area contributed by atoms with Crippen molar-refractivity contribution in [1.82, 2.24) is 20.4 Å². The average molecular weight is 250 g/mol. The third-order valence-corrected chi connectivity index (χ3v) is 4.23. The van der Waals surface area contributed by atoms with E-state index in [0.717, 1.165) is 63.6 Å². The maximum atomic E-state index is 5.49. The number of hydrogen-bond acceptors (Lipinski definition) is 5. The lowest BCUT2D eigenvalue weighted by Crippen LogP contribution is -2.29. The molecule has 3 heterocycles. The van der Waals surface area contributed by atoms with E-state index in [1.54, 1.807) is 0 Å². The molecule has 2 aliphatic rings. The van der Waals surface area contributed by atoms with E-state index in [0.29, 0.717) is 11.8 Å². The molecular formula is C13H22N4O. The zero-order chi connectivity index (χ0) is 12.4. The molecule has 0 aromatic carbocycles. The minimum atomic E-state index is 0.476. The van der Waals surface area contributed by atoms with Crippen LogP contribution in [0.2, 0.25) is 0 Å². The summed E-state index contributed by atoms with van der Waals surface area (Å²) < 4.78 is 5.49. The molecule has 100 valence electrons. The van der Waals surface area contributed by atoms with E-state index in [2.05, 4.69) is 27.4 Å². The fourth-order valence-electron chi connectivity index (χ4n) is 2.91. The lowest BCUT2D eigenvalue weighted by molar-refractivity contribution is 0.227. The number of rotatable bonds is 2. The Bertz CT molecular complexity index is 378. The van der Waals surface area contributed by atoms with E-state index in [-0.39, 0.29) is 0 Å². The molecule has 1 N–H and O–H groups in total. The number of piperidine rings is 2. The second-order valence-electron chi connectivity index (χ2n) is 5.59. The van der Waals surface area contributed by atoms with Crippen LogP contribution in [0.4, 0.5) is 0 Å². The van der Waals surface area contributed by atoms with Crippen LogP contribution in [0, 0.1) is 0 Å². The lowest BCUT2D eigenvalue weighted by Gasteiger charge is -2.26. The molecule has 2 fully saturated rings. The molecular weight excluding hydrogens is 228 g/mol. The summed E-state index contributed by atoms with van der Waals surface area (Å²) >= 11 is 0. The van der Waals surface area contributed by atoms with Crippen molar-refractivity contribution in [3.8, 4) is 0 Å². The van der Waals surface area contributed by atoms with Gasteiger partial charge >= 0.3 is 0 Å². The SMILES string of the molecule is CN1CCC(c2nc(C3CCNCC3)no2)CC1. The Labute approximate surface area is 108 Å². The van der Waals surface area contributed by atoms with E-state index < -0.39 is 0 Å². The fourth-order valence-corrected chi connectivity index (χ4v) is 2.91. The van der Waals surface area contributed by atoms with Gasteiger partial charge in [0.2, 0.25) is 5.89 Å². The van der Waals surface area contributed by atoms with Crippen LogP contribution < -0.4 is 5.32 Å². The molecule has 0 bridgehead atoms. The van der Waals surface area contributed by atoms with E-state index in [9.17, 15) is 0 Å². The number of nitrogens with one attached hydrogen (secondary N) is 1. The Morgan fingerprint density at radius 1 is 1.11 bits per heavy atom. The van der Waals surface area contributed by atoms with E-state index in [1.165, 1.54) is 0 Å². The van der Waals surface area contributed by atoms with Crippen molar-refractivity contribution in [2.45, 2.75) is 37.5 Å². The van der Waals surface area contributed by atoms with Crippen molar-refractivity contribution >= 4 is 0 Å². The highest BCUT2D eigenvalue weighted by Gasteiger charge is 2.26. The number of aromatic nitrogens is 2. The number of nitrogens with zero attached hydrogens (tertiary/aromatic N) is 3. The maximum absolute atomic E-state index is 5.49. The summed E-state index contributed by atoms with van der Waals surface area (Å²) in [5, 5.41) is 7.57. The summed E-state index contributed by atoms with van der Waals surface area (Å²) in [7, 11) is 2.17. The van der Waals surface area contributed by atoms with Gasteiger partial charge in [0.25, 0.3) is 0 Å². The van der Waals surface area contributed by atoms with E-state index >= 15 is 0 Å². The summed E-state index contributed by atoms with van der Waals surface area (Å²) in [4.78, 5) is 7.02. The predicted octanol–water partition coefficient (Wildman–Crippen LogP) is 1.35. The van der Waals surface area contributed by atoms with Gasteiger partial charge < -0.3 is 14.7 Å². The maximum Gasteiger partial charge on any atom is 0.229 e. The van der Waals surface area contributed by atoms with Gasteiger partial charge in [0.15, 0.2) is 5.82 Å². The highest BCUT2D eigenvalue weighted by atomic mass is 16.5. The van der Waals surface area contributed by atoms with Gasteiger partial charge in [0.1, 0.15) is 0 Å². The van der Waals surface area contributed by atoms with Crippen LogP contribution in [0.15, 0.2) is 4.52 Å². The number of hydrogen-bond donors (Lipinski definition) is 1. The molecule has 0 radical (unpaired) electrons. The second-order valence-corrected chi connectivity index (χ2v) is 5.59. The summed E-state index contributed by atoms with van der Waals surface area (Å²) in [6.45, 7) is 4.41. The molecule has 18 heavy (non-hydrogen) atoms. The zero-order valence-corrected chi connectivity index (χ0v) is 11.1. The Morgan fingerprint density at radius 2 is 1.83 bits per heavy atom. The van der Waals surface area contributed by atoms with Crippen LogP contribution >= 0.6 is 0 Å². The van der Waals surface area contributed by atoms with Gasteiger partial charge in [-0.1, -0.05) is 5.16 Å². The summed E-state index contributed by atoms with van der Waals surface area (Å²) in [6, 6.07) is 0. The van der Waals surface area contributed by atoms with Crippen molar-refractivity contribution in [2.75, 3.05) is 33.2 Å². The zero-order valence-electron chi connectivity index (χ0n) is 11.1. The molecule has 3 rings (SSSR count). The van der Waals surface area contributed by atoms with Crippen molar-refractivity contribution in [3.63, 3.8) is 0 Å². The van der Waals surface area contributed by atoms with Gasteiger partial charge in [-0.15, -0.1) is 0 Å². The molecule has 5 nitrogen and oxygen atoms in total. The van der Waals surface area contributed by atoms with Crippen molar-refractivity contribution in [3.05, 3.63) is 11.7 Å². The van der Waals surface area contributed by atoms with Crippen LogP contribution in [0.5, 0.6) is 0 Å². The highest BCUT2D eigenvalue weighted by Crippen LogP contribution is 2.29. The first kappa shape index (κ1) is 12.1. The third kappa shape index (κ3) is 2.57. The lowest BCUT2D eigenvalue weighted by atomic mass is 9.96. The number of likely N-dealkylation sites (tertiary alicyclic amines) is 1. The fraction of sp³-hybridized carbons (Fsp3) is 0.846. The quantitative estimate of drug-likeness (QED) is 0.858. The second kappa shape index (κ2) is 5.36. The molecule has 2 aliphatic heterocycles. The van der Waals surface area contributed by atoms with E-state index in [1.807, 2.05) is 0 Å². The molecule has 2 saturated heterocycles. The van der Waals surface area contributed by atoms with Gasteiger partial charge in [-0.3, -0.25) is 0 Å². The van der Waals surface area contributed by atoms with Gasteiger partial charge in [-0.2, -0.15) is 4.98 Å². The van der Waals surface area contributed by atoms with Gasteiger partial charge in [0.05, 0.1) is 0 Å². The Hall–Kier alpha value is -0.940. The molecule has 0 aliphatic carbocycles. The molecule has 1 aromatic heterocycles. The molecule has 0 unspecified atom stereocenters. The monoisotopic (exact) mass is 250 g/mol. The van der Waals surface area contributed by atoms with Crippen molar-refractivity contribution in [2.24, 2.45) is 0 Å². The summed E-state index contributed by atoms with van der Waals surface area (Å²) in [6.07, 6.45) is 4.55. The van der Waals surface area contributed by atoms with Crippen LogP contribution in [0.1, 0.15) is 49.2 Å². The molecule has 0 spiro atoms. The molecule has 0 amide bonds. The molecule has 1 aromatic rings. The highest BCUT2D eigenvalue weighted by molar-refractivity contribution is 5.01. The first-order valence-corrected chi connectivity index (χ1v) is 7.05. The Morgan fingerprint density at radius 3 is 2.56 bits per heavy atom. The van der Waals surface area contributed by atoms with Crippen LogP contribution in [-0.4, -0.2) is 48.3 Å². The van der Waals surface area contributed by atoms with Gasteiger partial charge in [0, 0.05) is 11.8 Å². The molecule has 0 atom stereocenters. The van der Waals surface area contributed by atoms with Crippen molar-refractivity contribution in [1.29, 1.82) is 0 Å². The van der Waals surface area contributed by atoms with Crippen molar-refractivity contribution < 1.29 is 4.52 Å². The smallest absolute Gasteiger partial charge is 0.229 e. The van der Waals surface area contributed by atoms with Gasteiger partial charge in [-0.05, 0) is 58.9 Å². The minimum absolute atomic E-state index is 0.476. The normalized spacial score (nSPS) is 24.5. The Kier molecular flexibility index (Phi) is 3.61. The largest absolute Gasteiger partial charge is 0.339 e. The predicted molar refractivity (Wildman–Crippen MR) is 68.6 cm³/mol. The van der Waals surface area contributed by atoms with Crippen LogP contribution in [0.25, 0.3) is 0 Å². The van der Waals surface area contributed by atoms with Gasteiger partial charge in [-0.25, -0.2) is 0 Å². The van der Waals surface area contributed by atoms with E-state index in [4.69, 9.17) is 4.52 Å². The first-order valence-electron chi connectivity index (χ1n) is 7.05. The standard InChI is InChI=1S/C13H22N4O/c1-17-8-4-11(5-9-17)13-15-12(16-18-13)10-2-6-14-7-3-10/h10-11,14H,2-9H2,1H3. The molecule has 5 heteroatoms. The third-order valence-electron chi connectivity index (χ3n) is 4.23. The summed E-state index contributed by atoms with van der Waals surface area (Å²) in [5.74, 6) is 2.78.